The third kappa shape index (κ3) is 4.13. The highest BCUT2D eigenvalue weighted by Crippen LogP contribution is 2.33. The van der Waals surface area contributed by atoms with Crippen LogP contribution in [0.1, 0.15) is 26.3 Å². The van der Waals surface area contributed by atoms with Gasteiger partial charge < -0.3 is 10.1 Å². The van der Waals surface area contributed by atoms with E-state index in [-0.39, 0.29) is 11.7 Å². The summed E-state index contributed by atoms with van der Waals surface area (Å²) >= 11 is 0. The van der Waals surface area contributed by atoms with E-state index in [4.69, 9.17) is 4.74 Å². The molecule has 1 heterocycles. The maximum atomic E-state index is 12.6. The van der Waals surface area contributed by atoms with E-state index in [1.807, 2.05) is 0 Å². The first-order chi connectivity index (χ1) is 7.62. The van der Waals surface area contributed by atoms with Crippen LogP contribution >= 0.6 is 0 Å². The summed E-state index contributed by atoms with van der Waals surface area (Å²) in [5, 5.41) is 2.57. The van der Waals surface area contributed by atoms with E-state index in [0.717, 1.165) is 12.1 Å². The molecular formula is C11H15F3N2O. The monoisotopic (exact) mass is 248 g/mol. The summed E-state index contributed by atoms with van der Waals surface area (Å²) in [5.41, 5.74) is -1.38. The number of aromatic nitrogens is 1. The van der Waals surface area contributed by atoms with E-state index in [1.54, 1.807) is 20.8 Å². The second-order valence-corrected chi connectivity index (χ2v) is 4.54. The topological polar surface area (TPSA) is 34.1 Å². The van der Waals surface area contributed by atoms with E-state index in [0.29, 0.717) is 0 Å². The van der Waals surface area contributed by atoms with Crippen molar-refractivity contribution in [3.8, 4) is 5.88 Å². The highest BCUT2D eigenvalue weighted by atomic mass is 19.4. The Morgan fingerprint density at radius 3 is 2.18 bits per heavy atom. The molecule has 0 saturated carbocycles. The number of alkyl halides is 3. The molecule has 0 radical (unpaired) electrons. The molecule has 0 aliphatic heterocycles. The molecule has 1 aromatic rings. The van der Waals surface area contributed by atoms with E-state index in [1.165, 1.54) is 7.05 Å². The van der Waals surface area contributed by atoms with E-state index < -0.39 is 17.3 Å². The van der Waals surface area contributed by atoms with Crippen molar-refractivity contribution in [3.05, 3.63) is 17.7 Å². The minimum atomic E-state index is -4.41. The molecule has 96 valence electrons. The molecule has 6 heteroatoms. The number of ether oxygens (including phenoxy) is 1. The first-order valence-electron chi connectivity index (χ1n) is 5.08. The summed E-state index contributed by atoms with van der Waals surface area (Å²) in [6, 6.07) is 1.83. The highest BCUT2D eigenvalue weighted by Gasteiger charge is 2.32. The molecular weight excluding hydrogens is 233 g/mol. The Bertz CT molecular complexity index is 397. The lowest BCUT2D eigenvalue weighted by molar-refractivity contribution is -0.137. The van der Waals surface area contributed by atoms with Crippen molar-refractivity contribution in [2.75, 3.05) is 12.4 Å². The molecule has 3 nitrogen and oxygen atoms in total. The Hall–Kier alpha value is -1.46. The molecule has 1 aromatic heterocycles. The summed E-state index contributed by atoms with van der Waals surface area (Å²) in [6.45, 7) is 5.23. The minimum Gasteiger partial charge on any atom is -0.472 e. The number of hydrogen-bond acceptors (Lipinski definition) is 3. The lowest BCUT2D eigenvalue weighted by atomic mass is 10.2. The van der Waals surface area contributed by atoms with Gasteiger partial charge in [0.2, 0.25) is 5.88 Å². The van der Waals surface area contributed by atoms with Crippen molar-refractivity contribution in [2.45, 2.75) is 32.5 Å². The van der Waals surface area contributed by atoms with Gasteiger partial charge in [-0.1, -0.05) is 0 Å². The lowest BCUT2D eigenvalue weighted by Gasteiger charge is -2.21. The zero-order chi connectivity index (χ0) is 13.3. The van der Waals surface area contributed by atoms with Crippen LogP contribution < -0.4 is 10.1 Å². The number of rotatable bonds is 2. The van der Waals surface area contributed by atoms with Crippen molar-refractivity contribution in [3.63, 3.8) is 0 Å². The third-order valence-electron chi connectivity index (χ3n) is 1.80. The lowest BCUT2D eigenvalue weighted by Crippen LogP contribution is -2.24. The first-order valence-corrected chi connectivity index (χ1v) is 5.08. The highest BCUT2D eigenvalue weighted by molar-refractivity contribution is 5.42. The van der Waals surface area contributed by atoms with Crippen LogP contribution in [-0.2, 0) is 6.18 Å². The minimum absolute atomic E-state index is 0.0447. The van der Waals surface area contributed by atoms with Gasteiger partial charge in [0.25, 0.3) is 0 Å². The standard InChI is InChI=1S/C11H15F3N2O/c1-10(2,3)17-9-6-7(11(12,13)14)5-8(15-4)16-9/h5-6H,1-4H3,(H,15,16). The largest absolute Gasteiger partial charge is 0.472 e. The molecule has 0 amide bonds. The molecule has 0 spiro atoms. The number of nitrogens with one attached hydrogen (secondary N) is 1. The third-order valence-corrected chi connectivity index (χ3v) is 1.80. The average molecular weight is 248 g/mol. The van der Waals surface area contributed by atoms with Crippen LogP contribution in [0.4, 0.5) is 19.0 Å². The second-order valence-electron chi connectivity index (χ2n) is 4.54. The number of anilines is 1. The summed E-state index contributed by atoms with van der Waals surface area (Å²) in [6.07, 6.45) is -4.41. The van der Waals surface area contributed by atoms with Crippen LogP contribution in [0.5, 0.6) is 5.88 Å². The maximum absolute atomic E-state index is 12.6. The van der Waals surface area contributed by atoms with Gasteiger partial charge in [0, 0.05) is 13.1 Å². The summed E-state index contributed by atoms with van der Waals surface area (Å²) < 4.78 is 43.1. The van der Waals surface area contributed by atoms with Gasteiger partial charge in [-0.25, -0.2) is 0 Å². The molecule has 17 heavy (non-hydrogen) atoms. The SMILES string of the molecule is CNc1cc(C(F)(F)F)cc(OC(C)(C)C)n1. The molecule has 1 N–H and O–H groups in total. The van der Waals surface area contributed by atoms with E-state index in [2.05, 4.69) is 10.3 Å². The van der Waals surface area contributed by atoms with Crippen molar-refractivity contribution < 1.29 is 17.9 Å². The van der Waals surface area contributed by atoms with Crippen LogP contribution in [0.15, 0.2) is 12.1 Å². The number of nitrogens with zero attached hydrogens (tertiary/aromatic N) is 1. The molecule has 0 saturated heterocycles. The van der Waals surface area contributed by atoms with Gasteiger partial charge >= 0.3 is 6.18 Å². The Morgan fingerprint density at radius 1 is 1.18 bits per heavy atom. The van der Waals surface area contributed by atoms with Crippen LogP contribution in [-0.4, -0.2) is 17.6 Å². The Morgan fingerprint density at radius 2 is 1.76 bits per heavy atom. The average Bonchev–Trinajstić information content (AvgIpc) is 2.13. The Labute approximate surface area is 98.0 Å². The molecule has 0 bridgehead atoms. The normalized spacial score (nSPS) is 12.4. The molecule has 0 aromatic carbocycles. The van der Waals surface area contributed by atoms with Crippen molar-refractivity contribution >= 4 is 5.82 Å². The quantitative estimate of drug-likeness (QED) is 0.871. The first kappa shape index (κ1) is 13.6. The van der Waals surface area contributed by atoms with Gasteiger partial charge in [0.05, 0.1) is 5.56 Å². The van der Waals surface area contributed by atoms with Crippen LogP contribution in [0, 0.1) is 0 Å². The zero-order valence-electron chi connectivity index (χ0n) is 10.1. The fraction of sp³-hybridized carbons (Fsp3) is 0.545. The van der Waals surface area contributed by atoms with Crippen molar-refractivity contribution in [1.82, 2.24) is 4.98 Å². The van der Waals surface area contributed by atoms with Gasteiger partial charge in [-0.3, -0.25) is 0 Å². The van der Waals surface area contributed by atoms with Gasteiger partial charge in [0.1, 0.15) is 11.4 Å². The fourth-order valence-electron chi connectivity index (χ4n) is 1.16. The summed E-state index contributed by atoms with van der Waals surface area (Å²) in [7, 11) is 1.50. The maximum Gasteiger partial charge on any atom is 0.416 e. The Balaban J connectivity index is 3.15. The molecule has 0 atom stereocenters. The smallest absolute Gasteiger partial charge is 0.416 e. The van der Waals surface area contributed by atoms with Crippen molar-refractivity contribution in [2.24, 2.45) is 0 Å². The predicted octanol–water partition coefficient (Wildman–Crippen LogP) is 3.32. The van der Waals surface area contributed by atoms with Gasteiger partial charge in [-0.2, -0.15) is 18.2 Å². The number of hydrogen-bond donors (Lipinski definition) is 1. The zero-order valence-corrected chi connectivity index (χ0v) is 10.1. The second kappa shape index (κ2) is 4.43. The van der Waals surface area contributed by atoms with Crippen molar-refractivity contribution in [1.29, 1.82) is 0 Å². The van der Waals surface area contributed by atoms with E-state index in [9.17, 15) is 13.2 Å². The molecule has 0 fully saturated rings. The molecule has 1 rings (SSSR count). The fourth-order valence-corrected chi connectivity index (χ4v) is 1.16. The van der Waals surface area contributed by atoms with Gasteiger partial charge in [0.15, 0.2) is 0 Å². The van der Waals surface area contributed by atoms with Gasteiger partial charge in [-0.15, -0.1) is 0 Å². The summed E-state index contributed by atoms with van der Waals surface area (Å²) in [4.78, 5) is 3.92. The van der Waals surface area contributed by atoms with Crippen LogP contribution in [0.2, 0.25) is 0 Å². The van der Waals surface area contributed by atoms with Crippen LogP contribution in [0.25, 0.3) is 0 Å². The Kier molecular flexibility index (Phi) is 3.54. The van der Waals surface area contributed by atoms with Crippen LogP contribution in [0.3, 0.4) is 0 Å². The number of halogens is 3. The molecule has 0 aliphatic rings. The summed E-state index contributed by atoms with van der Waals surface area (Å²) in [5.74, 6) is 0.0794. The molecule has 0 unspecified atom stereocenters. The van der Waals surface area contributed by atoms with Gasteiger partial charge in [-0.05, 0) is 26.8 Å². The molecule has 0 aliphatic carbocycles. The van der Waals surface area contributed by atoms with E-state index >= 15 is 0 Å². The predicted molar refractivity (Wildman–Crippen MR) is 59.2 cm³/mol. The number of pyridine rings is 1.